The smallest absolute Gasteiger partial charge is 0.254 e. The van der Waals surface area contributed by atoms with Gasteiger partial charge in [0.05, 0.1) is 0 Å². The fourth-order valence-electron chi connectivity index (χ4n) is 4.85. The number of hydrogen-bond donors (Lipinski definition) is 0. The quantitative estimate of drug-likeness (QED) is 0.240. The van der Waals surface area contributed by atoms with Gasteiger partial charge in [-0.1, -0.05) is 77.4 Å². The molecule has 5 rings (SSSR count). The molecule has 2 amide bonds. The van der Waals surface area contributed by atoms with Crippen LogP contribution in [0.2, 0.25) is 5.02 Å². The van der Waals surface area contributed by atoms with Crippen molar-refractivity contribution >= 4 is 23.4 Å². The Balaban J connectivity index is 1.31. The topological polar surface area (TPSA) is 79.5 Å². The Morgan fingerprint density at radius 3 is 2.49 bits per heavy atom. The second-order valence-corrected chi connectivity index (χ2v) is 9.92. The summed E-state index contributed by atoms with van der Waals surface area (Å²) in [6.45, 7) is 4.53. The Hall–Kier alpha value is -4.23. The highest BCUT2D eigenvalue weighted by molar-refractivity contribution is 6.30. The summed E-state index contributed by atoms with van der Waals surface area (Å²) in [5.74, 6) is 0.416. The van der Waals surface area contributed by atoms with E-state index in [4.69, 9.17) is 16.1 Å². The van der Waals surface area contributed by atoms with E-state index < -0.39 is 0 Å². The van der Waals surface area contributed by atoms with E-state index in [1.54, 1.807) is 35.2 Å². The minimum atomic E-state index is -0.350. The van der Waals surface area contributed by atoms with Gasteiger partial charge in [0.25, 0.3) is 5.91 Å². The van der Waals surface area contributed by atoms with Crippen LogP contribution in [0.3, 0.4) is 0 Å². The van der Waals surface area contributed by atoms with Crippen LogP contribution >= 0.6 is 11.6 Å². The van der Waals surface area contributed by atoms with E-state index in [2.05, 4.69) is 16.7 Å². The Bertz CT molecular complexity index is 1450. The lowest BCUT2D eigenvalue weighted by atomic mass is 10.0. The SMILES string of the molecule is C=CCN(CC(=O)N1CCCCC1c1nc(-c2cccc(Cl)c2)no1)C(=O)c1ccc(-c2ccccc2)cc1. The number of piperidine rings is 1. The number of halogens is 1. The Labute approximate surface area is 232 Å². The molecule has 198 valence electrons. The summed E-state index contributed by atoms with van der Waals surface area (Å²) in [4.78, 5) is 34.8. The maximum absolute atomic E-state index is 13.6. The molecule has 1 atom stereocenters. The van der Waals surface area contributed by atoms with E-state index in [1.807, 2.05) is 54.6 Å². The third-order valence-electron chi connectivity index (χ3n) is 6.83. The maximum atomic E-state index is 13.6. The first-order valence-electron chi connectivity index (χ1n) is 13.0. The van der Waals surface area contributed by atoms with Crippen LogP contribution in [0.25, 0.3) is 22.5 Å². The van der Waals surface area contributed by atoms with Crippen molar-refractivity contribution < 1.29 is 14.1 Å². The molecule has 39 heavy (non-hydrogen) atoms. The second kappa shape index (κ2) is 12.1. The van der Waals surface area contributed by atoms with Gasteiger partial charge in [-0.05, 0) is 54.7 Å². The number of carbonyl (C=O) groups is 2. The lowest BCUT2D eigenvalue weighted by molar-refractivity contribution is -0.136. The largest absolute Gasteiger partial charge is 0.337 e. The van der Waals surface area contributed by atoms with Crippen molar-refractivity contribution in [2.24, 2.45) is 0 Å². The third-order valence-corrected chi connectivity index (χ3v) is 7.07. The van der Waals surface area contributed by atoms with Crippen LogP contribution in [-0.2, 0) is 4.79 Å². The standard InChI is InChI=1S/C31H29ClN4O3/c1-2-18-35(31(38)24-16-14-23(15-17-24)22-9-4-3-5-10-22)21-28(37)36-19-7-6-13-27(36)30-33-29(34-39-30)25-11-8-12-26(32)20-25/h2-5,8-12,14-17,20,27H,1,6-7,13,18-19,21H2. The average molecular weight is 541 g/mol. The van der Waals surface area contributed by atoms with Crippen LogP contribution in [0.15, 0.2) is 96.0 Å². The molecule has 1 aliphatic rings. The van der Waals surface area contributed by atoms with Crippen molar-refractivity contribution in [2.75, 3.05) is 19.6 Å². The van der Waals surface area contributed by atoms with Crippen LogP contribution in [-0.4, -0.2) is 51.4 Å². The summed E-state index contributed by atoms with van der Waals surface area (Å²) in [6.07, 6.45) is 4.14. The molecule has 0 aliphatic carbocycles. The van der Waals surface area contributed by atoms with Gasteiger partial charge in [-0.3, -0.25) is 9.59 Å². The van der Waals surface area contributed by atoms with E-state index in [9.17, 15) is 9.59 Å². The van der Waals surface area contributed by atoms with Gasteiger partial charge in [0.1, 0.15) is 12.6 Å². The Kier molecular flexibility index (Phi) is 8.18. The van der Waals surface area contributed by atoms with E-state index >= 15 is 0 Å². The molecule has 7 nitrogen and oxygen atoms in total. The zero-order valence-corrected chi connectivity index (χ0v) is 22.3. The molecule has 1 fully saturated rings. The lowest BCUT2D eigenvalue weighted by Crippen LogP contribution is -2.46. The highest BCUT2D eigenvalue weighted by Crippen LogP contribution is 2.32. The van der Waals surface area contributed by atoms with Gasteiger partial charge < -0.3 is 14.3 Å². The number of nitrogens with zero attached hydrogens (tertiary/aromatic N) is 4. The third kappa shape index (κ3) is 6.10. The van der Waals surface area contributed by atoms with Crippen molar-refractivity contribution in [1.82, 2.24) is 19.9 Å². The van der Waals surface area contributed by atoms with Gasteiger partial charge in [-0.25, -0.2) is 0 Å². The molecule has 1 saturated heterocycles. The second-order valence-electron chi connectivity index (χ2n) is 9.48. The molecular weight excluding hydrogens is 512 g/mol. The van der Waals surface area contributed by atoms with E-state index in [0.29, 0.717) is 35.3 Å². The normalized spacial score (nSPS) is 15.1. The van der Waals surface area contributed by atoms with Crippen LogP contribution < -0.4 is 0 Å². The maximum Gasteiger partial charge on any atom is 0.254 e. The van der Waals surface area contributed by atoms with Crippen molar-refractivity contribution in [3.8, 4) is 22.5 Å². The molecule has 3 aromatic carbocycles. The molecule has 1 aromatic heterocycles. The number of benzene rings is 3. The van der Waals surface area contributed by atoms with Crippen LogP contribution in [0, 0.1) is 0 Å². The number of rotatable bonds is 8. The molecular formula is C31H29ClN4O3. The molecule has 1 unspecified atom stereocenters. The molecule has 0 N–H and O–H groups in total. The number of carbonyl (C=O) groups excluding carboxylic acids is 2. The number of amides is 2. The predicted octanol–water partition coefficient (Wildman–Crippen LogP) is 6.44. The summed E-state index contributed by atoms with van der Waals surface area (Å²) in [7, 11) is 0. The number of aromatic nitrogens is 2. The van der Waals surface area contributed by atoms with E-state index in [-0.39, 0.29) is 30.9 Å². The van der Waals surface area contributed by atoms with E-state index in [0.717, 1.165) is 29.5 Å². The summed E-state index contributed by atoms with van der Waals surface area (Å²) in [5, 5.41) is 4.70. The molecule has 1 aliphatic heterocycles. The average Bonchev–Trinajstić information content (AvgIpc) is 3.47. The number of likely N-dealkylation sites (tertiary alicyclic amines) is 1. The molecule has 0 spiro atoms. The van der Waals surface area contributed by atoms with Gasteiger partial charge in [0.2, 0.25) is 17.6 Å². The summed E-state index contributed by atoms with van der Waals surface area (Å²) >= 11 is 6.12. The fraction of sp³-hybridized carbons (Fsp3) is 0.226. The van der Waals surface area contributed by atoms with Crippen molar-refractivity contribution in [1.29, 1.82) is 0 Å². The predicted molar refractivity (Wildman–Crippen MR) is 151 cm³/mol. The van der Waals surface area contributed by atoms with E-state index in [1.165, 1.54) is 4.90 Å². The van der Waals surface area contributed by atoms with Crippen LogP contribution in [0.1, 0.15) is 41.6 Å². The lowest BCUT2D eigenvalue weighted by Gasteiger charge is -2.35. The van der Waals surface area contributed by atoms with Gasteiger partial charge in [0, 0.05) is 29.2 Å². The minimum absolute atomic E-state index is 0.0723. The molecule has 2 heterocycles. The van der Waals surface area contributed by atoms with Gasteiger partial charge >= 0.3 is 0 Å². The molecule has 4 aromatic rings. The van der Waals surface area contributed by atoms with Crippen LogP contribution in [0.5, 0.6) is 0 Å². The molecule has 0 bridgehead atoms. The fourth-order valence-corrected chi connectivity index (χ4v) is 5.04. The van der Waals surface area contributed by atoms with Gasteiger partial charge in [-0.2, -0.15) is 4.98 Å². The first kappa shape index (κ1) is 26.4. The highest BCUT2D eigenvalue weighted by atomic mass is 35.5. The molecule has 0 saturated carbocycles. The van der Waals surface area contributed by atoms with Gasteiger partial charge in [-0.15, -0.1) is 6.58 Å². The van der Waals surface area contributed by atoms with Crippen molar-refractivity contribution in [3.63, 3.8) is 0 Å². The van der Waals surface area contributed by atoms with Crippen molar-refractivity contribution in [2.45, 2.75) is 25.3 Å². The highest BCUT2D eigenvalue weighted by Gasteiger charge is 2.33. The minimum Gasteiger partial charge on any atom is -0.337 e. The Morgan fingerprint density at radius 2 is 1.74 bits per heavy atom. The summed E-state index contributed by atoms with van der Waals surface area (Å²) < 4.78 is 5.60. The Morgan fingerprint density at radius 1 is 1.00 bits per heavy atom. The monoisotopic (exact) mass is 540 g/mol. The summed E-state index contributed by atoms with van der Waals surface area (Å²) in [5.41, 5.74) is 3.35. The zero-order chi connectivity index (χ0) is 27.2. The first-order valence-corrected chi connectivity index (χ1v) is 13.4. The van der Waals surface area contributed by atoms with Crippen LogP contribution in [0.4, 0.5) is 0 Å². The number of hydrogen-bond acceptors (Lipinski definition) is 5. The first-order chi connectivity index (χ1) is 19.0. The summed E-state index contributed by atoms with van der Waals surface area (Å²) in [6, 6.07) is 24.3. The molecule has 0 radical (unpaired) electrons. The van der Waals surface area contributed by atoms with Crippen molar-refractivity contribution in [3.05, 3.63) is 108 Å². The molecule has 8 heteroatoms. The zero-order valence-electron chi connectivity index (χ0n) is 21.5. The van der Waals surface area contributed by atoms with Gasteiger partial charge in [0.15, 0.2) is 0 Å².